The van der Waals surface area contributed by atoms with E-state index in [0.29, 0.717) is 10.3 Å². The van der Waals surface area contributed by atoms with Crippen molar-refractivity contribution in [1.29, 1.82) is 0 Å². The van der Waals surface area contributed by atoms with Crippen molar-refractivity contribution in [3.63, 3.8) is 0 Å². The van der Waals surface area contributed by atoms with E-state index >= 15 is 0 Å². The summed E-state index contributed by atoms with van der Waals surface area (Å²) < 4.78 is 0. The van der Waals surface area contributed by atoms with Crippen molar-refractivity contribution in [3.8, 4) is 0 Å². The Morgan fingerprint density at radius 3 is 3.00 bits per heavy atom. The zero-order valence-corrected chi connectivity index (χ0v) is 11.5. The fourth-order valence-corrected chi connectivity index (χ4v) is 2.45. The summed E-state index contributed by atoms with van der Waals surface area (Å²) in [7, 11) is 0. The van der Waals surface area contributed by atoms with Crippen molar-refractivity contribution < 1.29 is 4.79 Å². The van der Waals surface area contributed by atoms with E-state index in [0.717, 1.165) is 16.8 Å². The molecule has 0 spiro atoms. The minimum atomic E-state index is -0.352. The monoisotopic (exact) mass is 298 g/mol. The zero-order chi connectivity index (χ0) is 13.8. The van der Waals surface area contributed by atoms with E-state index in [2.05, 4.69) is 25.5 Å². The highest BCUT2D eigenvalue weighted by Gasteiger charge is 2.08. The predicted molar refractivity (Wildman–Crippen MR) is 73.3 cm³/mol. The number of nitrogens with zero attached hydrogens (tertiary/aromatic N) is 3. The number of H-pyrrole nitrogens is 1. The molecule has 0 radical (unpaired) electrons. The first-order valence-electron chi connectivity index (χ1n) is 5.12. The molecule has 2 aromatic rings. The first-order chi connectivity index (χ1) is 9.02. The summed E-state index contributed by atoms with van der Waals surface area (Å²) in [6, 6.07) is 1.17. The smallest absolute Gasteiger partial charge is 0.253 e. The number of aromatic amines is 1. The van der Waals surface area contributed by atoms with Crippen LogP contribution in [0, 0.1) is 6.92 Å². The van der Waals surface area contributed by atoms with E-state index < -0.39 is 0 Å². The lowest BCUT2D eigenvalue weighted by atomic mass is 10.6. The van der Waals surface area contributed by atoms with E-state index in [1.165, 1.54) is 17.4 Å². The Bertz CT molecular complexity index is 652. The number of hydrogen-bond acceptors (Lipinski definition) is 8. The maximum absolute atomic E-state index is 11.6. The highest BCUT2D eigenvalue weighted by atomic mass is 32.2. The number of carbonyl (C=O) groups is 1. The molecule has 1 amide bonds. The molecule has 0 aliphatic rings. The van der Waals surface area contributed by atoms with E-state index in [1.54, 1.807) is 6.92 Å². The van der Waals surface area contributed by atoms with Crippen LogP contribution < -0.4 is 16.6 Å². The molecule has 0 aliphatic carbocycles. The number of aryl methyl sites for hydroxylation is 1. The summed E-state index contributed by atoms with van der Waals surface area (Å²) in [4.78, 5) is 29.1. The molecular formula is C9H10N6O2S2. The van der Waals surface area contributed by atoms with Crippen LogP contribution >= 0.6 is 23.1 Å². The van der Waals surface area contributed by atoms with Gasteiger partial charge in [0.05, 0.1) is 5.75 Å². The molecule has 0 aliphatic heterocycles. The molecule has 0 atom stereocenters. The molecule has 19 heavy (non-hydrogen) atoms. The Hall–Kier alpha value is -1.94. The Morgan fingerprint density at radius 1 is 1.58 bits per heavy atom. The highest BCUT2D eigenvalue weighted by Crippen LogP contribution is 2.16. The molecule has 2 heterocycles. The number of anilines is 2. The van der Waals surface area contributed by atoms with E-state index in [1.807, 2.05) is 0 Å². The van der Waals surface area contributed by atoms with Gasteiger partial charge in [0.1, 0.15) is 10.8 Å². The fraction of sp³-hybridized carbons (Fsp3) is 0.222. The lowest BCUT2D eigenvalue weighted by Crippen LogP contribution is -2.15. The van der Waals surface area contributed by atoms with Crippen LogP contribution in [-0.2, 0) is 4.79 Å². The molecule has 2 aromatic heterocycles. The van der Waals surface area contributed by atoms with Gasteiger partial charge in [-0.25, -0.2) is 4.98 Å². The van der Waals surface area contributed by atoms with Crippen molar-refractivity contribution in [2.75, 3.05) is 16.8 Å². The summed E-state index contributed by atoms with van der Waals surface area (Å²) in [6.45, 7) is 1.80. The number of nitrogen functional groups attached to an aromatic ring is 1. The standard InChI is InChI=1S/C9H10N6O2S2/c1-4-14-15-9(19-4)13-7(17)3-18-8-11-5(10)2-6(16)12-8/h2H,3H2,1H3,(H,13,15,17)(H3,10,11,12,16). The summed E-state index contributed by atoms with van der Waals surface area (Å²) in [6.07, 6.45) is 0. The maximum Gasteiger partial charge on any atom is 0.253 e. The first-order valence-corrected chi connectivity index (χ1v) is 6.93. The topological polar surface area (TPSA) is 127 Å². The number of thioether (sulfide) groups is 1. The summed E-state index contributed by atoms with van der Waals surface area (Å²) in [5.41, 5.74) is 5.08. The Kier molecular flexibility index (Phi) is 4.12. The molecule has 4 N–H and O–H groups in total. The van der Waals surface area contributed by atoms with Crippen LogP contribution in [-0.4, -0.2) is 31.8 Å². The molecule has 0 fully saturated rings. The molecule has 8 nitrogen and oxygen atoms in total. The van der Waals surface area contributed by atoms with Crippen molar-refractivity contribution in [2.24, 2.45) is 0 Å². The van der Waals surface area contributed by atoms with Gasteiger partial charge in [-0.2, -0.15) is 0 Å². The van der Waals surface area contributed by atoms with Gasteiger partial charge in [0.15, 0.2) is 5.16 Å². The molecule has 0 saturated carbocycles. The summed E-state index contributed by atoms with van der Waals surface area (Å²) in [5.74, 6) is -0.0528. The average molecular weight is 298 g/mol. The molecule has 0 aromatic carbocycles. The molecular weight excluding hydrogens is 288 g/mol. The first kappa shape index (κ1) is 13.5. The summed E-state index contributed by atoms with van der Waals surface area (Å²) >= 11 is 2.37. The third-order valence-corrected chi connectivity index (χ3v) is 3.48. The maximum atomic E-state index is 11.6. The van der Waals surface area contributed by atoms with Gasteiger partial charge in [-0.3, -0.25) is 14.9 Å². The van der Waals surface area contributed by atoms with Crippen LogP contribution in [0.15, 0.2) is 16.0 Å². The predicted octanol–water partition coefficient (Wildman–Crippen LogP) is 0.243. The van der Waals surface area contributed by atoms with Gasteiger partial charge in [-0.05, 0) is 6.92 Å². The van der Waals surface area contributed by atoms with Crippen LogP contribution in [0.5, 0.6) is 0 Å². The van der Waals surface area contributed by atoms with E-state index in [9.17, 15) is 9.59 Å². The summed E-state index contributed by atoms with van der Waals surface area (Å²) in [5, 5.41) is 11.7. The van der Waals surface area contributed by atoms with Gasteiger partial charge in [0.25, 0.3) is 5.56 Å². The second-order valence-corrected chi connectivity index (χ2v) is 5.58. The van der Waals surface area contributed by atoms with Crippen LogP contribution in [0.25, 0.3) is 0 Å². The number of amides is 1. The van der Waals surface area contributed by atoms with Crippen molar-refractivity contribution in [1.82, 2.24) is 20.2 Å². The highest BCUT2D eigenvalue weighted by molar-refractivity contribution is 7.99. The number of rotatable bonds is 4. The van der Waals surface area contributed by atoms with Gasteiger partial charge in [0, 0.05) is 6.07 Å². The third-order valence-electron chi connectivity index (χ3n) is 1.85. The second kappa shape index (κ2) is 5.80. The lowest BCUT2D eigenvalue weighted by Gasteiger charge is -2.01. The molecule has 0 saturated heterocycles. The lowest BCUT2D eigenvalue weighted by molar-refractivity contribution is -0.113. The van der Waals surface area contributed by atoms with Gasteiger partial charge >= 0.3 is 0 Å². The van der Waals surface area contributed by atoms with Crippen molar-refractivity contribution in [2.45, 2.75) is 12.1 Å². The molecule has 0 bridgehead atoms. The number of carbonyl (C=O) groups excluding carboxylic acids is 1. The molecule has 2 rings (SSSR count). The number of aromatic nitrogens is 4. The fourth-order valence-electron chi connectivity index (χ4n) is 1.16. The van der Waals surface area contributed by atoms with E-state index in [4.69, 9.17) is 5.73 Å². The van der Waals surface area contributed by atoms with Gasteiger partial charge < -0.3 is 10.7 Å². The Labute approximate surface area is 115 Å². The van der Waals surface area contributed by atoms with Gasteiger partial charge in [-0.15, -0.1) is 10.2 Å². The quantitative estimate of drug-likeness (QED) is 0.545. The number of nitrogens with two attached hydrogens (primary N) is 1. The second-order valence-electron chi connectivity index (χ2n) is 3.44. The molecule has 10 heteroatoms. The van der Waals surface area contributed by atoms with Gasteiger partial charge in [-0.1, -0.05) is 23.1 Å². The minimum Gasteiger partial charge on any atom is -0.383 e. The van der Waals surface area contributed by atoms with Crippen LogP contribution in [0.3, 0.4) is 0 Å². The van der Waals surface area contributed by atoms with E-state index in [-0.39, 0.29) is 23.0 Å². The van der Waals surface area contributed by atoms with Crippen molar-refractivity contribution in [3.05, 3.63) is 21.4 Å². The Morgan fingerprint density at radius 2 is 2.37 bits per heavy atom. The molecule has 0 unspecified atom stereocenters. The number of nitrogens with one attached hydrogen (secondary N) is 2. The van der Waals surface area contributed by atoms with Crippen LogP contribution in [0.1, 0.15) is 5.01 Å². The Balaban J connectivity index is 1.91. The SMILES string of the molecule is Cc1nnc(NC(=O)CSc2nc(N)cc(=O)[nH]2)s1. The zero-order valence-electron chi connectivity index (χ0n) is 9.84. The third kappa shape index (κ3) is 4.03. The van der Waals surface area contributed by atoms with Crippen LogP contribution in [0.2, 0.25) is 0 Å². The van der Waals surface area contributed by atoms with Crippen molar-refractivity contribution >= 4 is 40.0 Å². The van der Waals surface area contributed by atoms with Gasteiger partial charge in [0.2, 0.25) is 11.0 Å². The largest absolute Gasteiger partial charge is 0.383 e. The van der Waals surface area contributed by atoms with Crippen LogP contribution in [0.4, 0.5) is 10.9 Å². The average Bonchev–Trinajstić information content (AvgIpc) is 2.71. The number of hydrogen-bond donors (Lipinski definition) is 3. The normalized spacial score (nSPS) is 10.4. The minimum absolute atomic E-state index is 0.0883. The molecule has 100 valence electrons.